The Bertz CT molecular complexity index is 428. The van der Waals surface area contributed by atoms with Crippen molar-refractivity contribution in [1.29, 1.82) is 0 Å². The van der Waals surface area contributed by atoms with Gasteiger partial charge in [-0.2, -0.15) is 13.2 Å². The number of ether oxygens (including phenoxy) is 1. The van der Waals surface area contributed by atoms with Crippen molar-refractivity contribution in [3.8, 4) is 0 Å². The van der Waals surface area contributed by atoms with Gasteiger partial charge in [-0.1, -0.05) is 0 Å². The van der Waals surface area contributed by atoms with Crippen molar-refractivity contribution in [3.63, 3.8) is 0 Å². The first-order valence-corrected chi connectivity index (χ1v) is 5.84. The van der Waals surface area contributed by atoms with Crippen molar-refractivity contribution < 1.29 is 32.2 Å². The monoisotopic (exact) mass is 295 g/mol. The van der Waals surface area contributed by atoms with Crippen LogP contribution in [0.2, 0.25) is 0 Å². The Morgan fingerprint density at radius 2 is 2.20 bits per heavy atom. The zero-order valence-electron chi connectivity index (χ0n) is 11.0. The molecule has 0 fully saturated rings. The largest absolute Gasteiger partial charge is 0.466 e. The minimum Gasteiger partial charge on any atom is -0.466 e. The molecule has 0 aliphatic heterocycles. The second-order valence-electron chi connectivity index (χ2n) is 4.54. The van der Waals surface area contributed by atoms with E-state index in [1.54, 1.807) is 6.07 Å². The molecule has 1 amide bonds. The topological polar surface area (TPSA) is 71.7 Å². The van der Waals surface area contributed by atoms with E-state index in [2.05, 4.69) is 10.1 Å². The predicted molar refractivity (Wildman–Crippen MR) is 62.8 cm³/mol. The number of hydrogen-bond donors (Lipinski definition) is 2. The third-order valence-electron chi connectivity index (χ3n) is 2.53. The van der Waals surface area contributed by atoms with Gasteiger partial charge < -0.3 is 19.6 Å². The third kappa shape index (κ3) is 5.22. The Kier molecular flexibility index (Phi) is 5.18. The fraction of sp³-hybridized carbons (Fsp3) is 0.583. The summed E-state index contributed by atoms with van der Waals surface area (Å²) in [7, 11) is 0. The summed E-state index contributed by atoms with van der Waals surface area (Å²) in [5.74, 6) is -0.511. The second-order valence-corrected chi connectivity index (χ2v) is 4.54. The summed E-state index contributed by atoms with van der Waals surface area (Å²) in [5, 5.41) is 12.3. The van der Waals surface area contributed by atoms with Crippen molar-refractivity contribution >= 4 is 5.91 Å². The molecule has 0 saturated carbocycles. The summed E-state index contributed by atoms with van der Waals surface area (Å²) in [4.78, 5) is 11.5. The average Bonchev–Trinajstić information content (AvgIpc) is 2.86. The maximum absolute atomic E-state index is 11.9. The van der Waals surface area contributed by atoms with Crippen LogP contribution in [0.5, 0.6) is 0 Å². The molecule has 8 heteroatoms. The van der Waals surface area contributed by atoms with Crippen molar-refractivity contribution in [3.05, 3.63) is 24.2 Å². The van der Waals surface area contributed by atoms with Gasteiger partial charge in [0.2, 0.25) is 5.91 Å². The van der Waals surface area contributed by atoms with Crippen LogP contribution in [-0.2, 0) is 15.1 Å². The van der Waals surface area contributed by atoms with Gasteiger partial charge in [0.1, 0.15) is 24.1 Å². The standard InChI is InChI=1S/C12H16F3NO4/c1-8(20-7-12(13,14)15)10(17)16-6-11(2,18)9-4-3-5-19-9/h3-5,8,18H,6-7H2,1-2H3,(H,16,17). The van der Waals surface area contributed by atoms with E-state index in [9.17, 15) is 23.1 Å². The fourth-order valence-corrected chi connectivity index (χ4v) is 1.37. The molecule has 1 heterocycles. The molecular weight excluding hydrogens is 279 g/mol. The number of alkyl halides is 3. The van der Waals surface area contributed by atoms with Gasteiger partial charge in [0, 0.05) is 0 Å². The van der Waals surface area contributed by atoms with Gasteiger partial charge in [0.05, 0.1) is 12.8 Å². The maximum atomic E-state index is 11.9. The minimum atomic E-state index is -4.49. The van der Waals surface area contributed by atoms with Crippen LogP contribution < -0.4 is 5.32 Å². The highest BCUT2D eigenvalue weighted by Crippen LogP contribution is 2.20. The van der Waals surface area contributed by atoms with Gasteiger partial charge in [-0.3, -0.25) is 4.79 Å². The zero-order chi connectivity index (χ0) is 15.4. The lowest BCUT2D eigenvalue weighted by Crippen LogP contribution is -2.43. The first kappa shape index (κ1) is 16.5. The Labute approximate surface area is 113 Å². The van der Waals surface area contributed by atoms with E-state index in [-0.39, 0.29) is 12.3 Å². The van der Waals surface area contributed by atoms with Crippen LogP contribution in [0.3, 0.4) is 0 Å². The Morgan fingerprint density at radius 3 is 2.70 bits per heavy atom. The molecule has 2 atom stereocenters. The molecule has 20 heavy (non-hydrogen) atoms. The summed E-state index contributed by atoms with van der Waals surface area (Å²) in [6.07, 6.45) is -4.40. The van der Waals surface area contributed by atoms with Crippen LogP contribution in [0.4, 0.5) is 13.2 Å². The van der Waals surface area contributed by atoms with E-state index >= 15 is 0 Å². The number of nitrogens with one attached hydrogen (secondary N) is 1. The molecule has 0 radical (unpaired) electrons. The maximum Gasteiger partial charge on any atom is 0.411 e. The summed E-state index contributed by atoms with van der Waals surface area (Å²) < 4.78 is 45.2. The van der Waals surface area contributed by atoms with Crippen LogP contribution >= 0.6 is 0 Å². The number of aliphatic hydroxyl groups is 1. The average molecular weight is 295 g/mol. The molecule has 114 valence electrons. The molecule has 2 N–H and O–H groups in total. The Hall–Kier alpha value is -1.54. The second kappa shape index (κ2) is 6.27. The van der Waals surface area contributed by atoms with E-state index < -0.39 is 30.4 Å². The molecule has 0 saturated heterocycles. The number of carbonyl (C=O) groups excluding carboxylic acids is 1. The van der Waals surface area contributed by atoms with E-state index in [0.717, 1.165) is 0 Å². The fourth-order valence-electron chi connectivity index (χ4n) is 1.37. The molecule has 0 aliphatic rings. The summed E-state index contributed by atoms with van der Waals surface area (Å²) in [6.45, 7) is 0.894. The van der Waals surface area contributed by atoms with E-state index in [0.29, 0.717) is 0 Å². The minimum absolute atomic E-state index is 0.209. The van der Waals surface area contributed by atoms with Gasteiger partial charge in [0.25, 0.3) is 0 Å². The number of halogens is 3. The molecular formula is C12H16F3NO4. The zero-order valence-corrected chi connectivity index (χ0v) is 11.0. The van der Waals surface area contributed by atoms with Gasteiger partial charge in [-0.15, -0.1) is 0 Å². The van der Waals surface area contributed by atoms with Crippen LogP contribution in [0, 0.1) is 0 Å². The SMILES string of the molecule is CC(OCC(F)(F)F)C(=O)NCC(C)(O)c1ccco1. The van der Waals surface area contributed by atoms with Crippen LogP contribution in [-0.4, -0.2) is 36.4 Å². The van der Waals surface area contributed by atoms with Gasteiger partial charge >= 0.3 is 6.18 Å². The molecule has 0 spiro atoms. The first-order chi connectivity index (χ1) is 9.12. The number of hydrogen-bond acceptors (Lipinski definition) is 4. The van der Waals surface area contributed by atoms with Crippen LogP contribution in [0.15, 0.2) is 22.8 Å². The lowest BCUT2D eigenvalue weighted by Gasteiger charge is -2.22. The Morgan fingerprint density at radius 1 is 1.55 bits per heavy atom. The summed E-state index contributed by atoms with van der Waals surface area (Å²) >= 11 is 0. The van der Waals surface area contributed by atoms with Gasteiger partial charge in [-0.25, -0.2) is 0 Å². The van der Waals surface area contributed by atoms with E-state index in [1.165, 1.54) is 26.2 Å². The van der Waals surface area contributed by atoms with E-state index in [4.69, 9.17) is 4.42 Å². The lowest BCUT2D eigenvalue weighted by atomic mass is 10.0. The molecule has 0 aromatic carbocycles. The van der Waals surface area contributed by atoms with Gasteiger partial charge in [0.15, 0.2) is 0 Å². The molecule has 1 rings (SSSR count). The summed E-state index contributed by atoms with van der Waals surface area (Å²) in [5.41, 5.74) is -1.46. The lowest BCUT2D eigenvalue weighted by molar-refractivity contribution is -0.185. The highest BCUT2D eigenvalue weighted by molar-refractivity contribution is 5.80. The van der Waals surface area contributed by atoms with Crippen molar-refractivity contribution in [2.45, 2.75) is 31.7 Å². The third-order valence-corrected chi connectivity index (χ3v) is 2.53. The molecule has 1 aromatic heterocycles. The molecule has 1 aromatic rings. The van der Waals surface area contributed by atoms with Crippen molar-refractivity contribution in [1.82, 2.24) is 5.32 Å². The summed E-state index contributed by atoms with van der Waals surface area (Å²) in [6, 6.07) is 3.09. The van der Waals surface area contributed by atoms with Crippen molar-refractivity contribution in [2.24, 2.45) is 0 Å². The van der Waals surface area contributed by atoms with E-state index in [1.807, 2.05) is 0 Å². The van der Waals surface area contributed by atoms with Crippen LogP contribution in [0.25, 0.3) is 0 Å². The van der Waals surface area contributed by atoms with Crippen molar-refractivity contribution in [2.75, 3.05) is 13.2 Å². The number of furan rings is 1. The first-order valence-electron chi connectivity index (χ1n) is 5.84. The normalized spacial score (nSPS) is 16.5. The number of amides is 1. The quantitative estimate of drug-likeness (QED) is 0.835. The molecule has 0 bridgehead atoms. The molecule has 5 nitrogen and oxygen atoms in total. The van der Waals surface area contributed by atoms with Gasteiger partial charge in [-0.05, 0) is 26.0 Å². The predicted octanol–water partition coefficient (Wildman–Crippen LogP) is 1.57. The number of rotatable bonds is 6. The highest BCUT2D eigenvalue weighted by Gasteiger charge is 2.31. The molecule has 0 aliphatic carbocycles. The van der Waals surface area contributed by atoms with Crippen LogP contribution in [0.1, 0.15) is 19.6 Å². The molecule has 2 unspecified atom stereocenters. The number of carbonyl (C=O) groups is 1. The smallest absolute Gasteiger partial charge is 0.411 e. The highest BCUT2D eigenvalue weighted by atomic mass is 19.4. The Balaban J connectivity index is 2.43.